The molecule has 8 aromatic rings. The van der Waals surface area contributed by atoms with E-state index in [4.69, 9.17) is 27.4 Å². The summed E-state index contributed by atoms with van der Waals surface area (Å²) in [7, 11) is 1.55. The van der Waals surface area contributed by atoms with Crippen LogP contribution in [0.5, 0.6) is 0 Å². The lowest BCUT2D eigenvalue weighted by atomic mass is 9.95. The number of aliphatic hydroxyl groups excluding tert-OH is 1. The highest BCUT2D eigenvalue weighted by Crippen LogP contribution is 2.40. The number of aromatic nitrogens is 10. The van der Waals surface area contributed by atoms with Crippen molar-refractivity contribution in [2.75, 3.05) is 25.6 Å². The van der Waals surface area contributed by atoms with Crippen molar-refractivity contribution in [3.63, 3.8) is 0 Å². The average molecular weight is 1070 g/mol. The van der Waals surface area contributed by atoms with E-state index in [0.717, 1.165) is 79.0 Å². The molecule has 0 saturated heterocycles. The van der Waals surface area contributed by atoms with Gasteiger partial charge in [0.2, 0.25) is 11.2 Å². The van der Waals surface area contributed by atoms with Crippen molar-refractivity contribution < 1.29 is 19.4 Å². The minimum absolute atomic E-state index is 0.121. The van der Waals surface area contributed by atoms with Crippen LogP contribution >= 0.6 is 43.5 Å². The van der Waals surface area contributed by atoms with Gasteiger partial charge in [-0.1, -0.05) is 57.8 Å². The molecule has 0 amide bonds. The SMILES string of the molecule is CCCn1cc2c(C3C(=O)Cc4ccc(Br)cc43)nc(Cl)nc2n1.CCCn1cc2c(C3C(=O)Cc4ccc(Br)cc43)nc(NCc3ccncc3)nc2n1.COCCO.NCc1ccncc1. The van der Waals surface area contributed by atoms with E-state index >= 15 is 0 Å². The number of aryl methyl sites for hydroxylation is 2. The summed E-state index contributed by atoms with van der Waals surface area (Å²) in [6.45, 7) is 7.49. The Kier molecular flexibility index (Phi) is 17.6. The molecule has 2 unspecified atom stereocenters. The molecular weight excluding hydrogens is 1020 g/mol. The number of ether oxygens (including phenoxy) is 1. The maximum absolute atomic E-state index is 13.1. The lowest BCUT2D eigenvalue weighted by Gasteiger charge is -2.13. The summed E-state index contributed by atoms with van der Waals surface area (Å²) in [5.41, 5.74) is 14.1. The number of nitrogens with one attached hydrogen (secondary N) is 1. The number of hydrogen-bond donors (Lipinski definition) is 3. The Bertz CT molecular complexity index is 2990. The van der Waals surface area contributed by atoms with Gasteiger partial charge in [-0.2, -0.15) is 20.2 Å². The number of methoxy groups -OCH3 is 1. The number of anilines is 1. The van der Waals surface area contributed by atoms with Crippen LogP contribution in [-0.4, -0.2) is 86.5 Å². The molecule has 19 heteroatoms. The van der Waals surface area contributed by atoms with Crippen LogP contribution in [0.15, 0.2) is 107 Å². The number of carbonyl (C=O) groups is 2. The first-order valence-electron chi connectivity index (χ1n) is 22.1. The van der Waals surface area contributed by atoms with Crippen LogP contribution in [0.3, 0.4) is 0 Å². The fraction of sp³-hybridized carbons (Fsp3) is 0.306. The Morgan fingerprint density at radius 2 is 1.24 bits per heavy atom. The minimum atomic E-state index is -0.418. The molecule has 2 aliphatic carbocycles. The minimum Gasteiger partial charge on any atom is -0.394 e. The van der Waals surface area contributed by atoms with Crippen LogP contribution in [0.2, 0.25) is 5.28 Å². The largest absolute Gasteiger partial charge is 0.394 e. The monoisotopic (exact) mass is 1060 g/mol. The first-order valence-corrected chi connectivity index (χ1v) is 24.1. The van der Waals surface area contributed by atoms with Crippen molar-refractivity contribution in [3.8, 4) is 0 Å². The smallest absolute Gasteiger partial charge is 0.225 e. The van der Waals surface area contributed by atoms with Crippen molar-refractivity contribution in [3.05, 3.63) is 157 Å². The van der Waals surface area contributed by atoms with Gasteiger partial charge in [0, 0.05) is 92.3 Å². The van der Waals surface area contributed by atoms with Crippen molar-refractivity contribution in [2.24, 2.45) is 5.73 Å². The van der Waals surface area contributed by atoms with Gasteiger partial charge in [0.15, 0.2) is 22.9 Å². The van der Waals surface area contributed by atoms with E-state index in [9.17, 15) is 9.59 Å². The van der Waals surface area contributed by atoms with Crippen LogP contribution in [0, 0.1) is 0 Å². The van der Waals surface area contributed by atoms with Gasteiger partial charge < -0.3 is 20.9 Å². The number of benzene rings is 2. The summed E-state index contributed by atoms with van der Waals surface area (Å²) in [5, 5.41) is 22.1. The normalized spacial score (nSPS) is 14.6. The summed E-state index contributed by atoms with van der Waals surface area (Å²) in [6.07, 6.45) is 13.6. The molecule has 0 fully saturated rings. The summed E-state index contributed by atoms with van der Waals surface area (Å²) in [5.74, 6) is -0.0883. The molecule has 2 aromatic carbocycles. The Morgan fingerprint density at radius 1 is 0.735 bits per heavy atom. The predicted octanol–water partition coefficient (Wildman–Crippen LogP) is 8.34. The van der Waals surface area contributed by atoms with E-state index in [1.165, 1.54) is 0 Å². The van der Waals surface area contributed by atoms with Crippen LogP contribution in [0.1, 0.15) is 83.3 Å². The molecule has 0 saturated carbocycles. The van der Waals surface area contributed by atoms with Gasteiger partial charge in [-0.05, 0) is 106 Å². The summed E-state index contributed by atoms with van der Waals surface area (Å²) in [4.78, 5) is 51.7. The van der Waals surface area contributed by atoms with Gasteiger partial charge in [0.1, 0.15) is 0 Å². The average Bonchev–Trinajstić information content (AvgIpc) is 4.11. The second-order valence-corrected chi connectivity index (χ2v) is 18.1. The highest BCUT2D eigenvalue weighted by molar-refractivity contribution is 9.10. The molecule has 6 aromatic heterocycles. The zero-order valence-corrected chi connectivity index (χ0v) is 41.7. The molecule has 352 valence electrons. The number of nitrogens with zero attached hydrogens (tertiary/aromatic N) is 10. The third kappa shape index (κ3) is 12.2. The number of carbonyl (C=O) groups excluding carboxylic acids is 2. The number of hydrogen-bond acceptors (Lipinski definition) is 14. The number of halogens is 3. The fourth-order valence-corrected chi connectivity index (χ4v) is 8.86. The first kappa shape index (κ1) is 50.0. The molecule has 6 heterocycles. The van der Waals surface area contributed by atoms with Gasteiger partial charge in [-0.25, -0.2) is 9.97 Å². The van der Waals surface area contributed by atoms with E-state index in [1.807, 2.05) is 82.4 Å². The molecule has 16 nitrogen and oxygen atoms in total. The maximum Gasteiger partial charge on any atom is 0.225 e. The summed E-state index contributed by atoms with van der Waals surface area (Å²) in [6, 6.07) is 19.6. The number of nitrogens with two attached hydrogens (primary N) is 1. The topological polar surface area (TPSA) is 215 Å². The van der Waals surface area contributed by atoms with E-state index in [-0.39, 0.29) is 23.5 Å². The van der Waals surface area contributed by atoms with Crippen molar-refractivity contribution >= 4 is 83.0 Å². The Hall–Kier alpha value is -5.89. The molecule has 2 atom stereocenters. The van der Waals surface area contributed by atoms with E-state index < -0.39 is 11.8 Å². The van der Waals surface area contributed by atoms with Gasteiger partial charge in [0.05, 0.1) is 47.2 Å². The summed E-state index contributed by atoms with van der Waals surface area (Å²) < 4.78 is 10.1. The molecule has 0 radical (unpaired) electrons. The number of rotatable bonds is 12. The second kappa shape index (κ2) is 23.9. The quantitative estimate of drug-likeness (QED) is 0.0982. The predicted molar refractivity (Wildman–Crippen MR) is 268 cm³/mol. The molecule has 68 heavy (non-hydrogen) atoms. The van der Waals surface area contributed by atoms with Crippen molar-refractivity contribution in [1.29, 1.82) is 0 Å². The van der Waals surface area contributed by atoms with E-state index in [2.05, 4.69) is 90.9 Å². The molecule has 10 rings (SSSR count). The van der Waals surface area contributed by atoms with Crippen LogP contribution < -0.4 is 11.1 Å². The van der Waals surface area contributed by atoms with Crippen LogP contribution in [0.25, 0.3) is 22.1 Å². The number of ketones is 2. The number of pyridine rings is 2. The zero-order chi connectivity index (χ0) is 48.2. The Balaban J connectivity index is 0.000000162. The third-order valence-electron chi connectivity index (χ3n) is 11.0. The lowest BCUT2D eigenvalue weighted by molar-refractivity contribution is -0.119. The van der Waals surface area contributed by atoms with Crippen molar-refractivity contribution in [2.45, 2.75) is 77.5 Å². The van der Waals surface area contributed by atoms with Crippen LogP contribution in [0.4, 0.5) is 5.95 Å². The molecule has 0 aliphatic heterocycles. The molecule has 0 spiro atoms. The van der Waals surface area contributed by atoms with Gasteiger partial charge in [-0.3, -0.25) is 28.9 Å². The second-order valence-electron chi connectivity index (χ2n) is 15.9. The van der Waals surface area contributed by atoms with Gasteiger partial charge in [0.25, 0.3) is 0 Å². The van der Waals surface area contributed by atoms with E-state index in [0.29, 0.717) is 61.2 Å². The first-order chi connectivity index (χ1) is 33.0. The third-order valence-corrected chi connectivity index (χ3v) is 12.2. The number of aliphatic hydroxyl groups is 1. The summed E-state index contributed by atoms with van der Waals surface area (Å²) >= 11 is 13.1. The highest BCUT2D eigenvalue weighted by atomic mass is 79.9. The van der Waals surface area contributed by atoms with Crippen molar-refractivity contribution in [1.82, 2.24) is 49.5 Å². The molecular formula is C49H51Br2ClN12O4. The lowest BCUT2D eigenvalue weighted by Crippen LogP contribution is -2.13. The molecule has 0 bridgehead atoms. The standard InChI is InChI=1S/C23H21BrN6O.C17H14BrClN4O.C6H8N2.C3H8O2/c1-2-9-30-13-18-21(20-17-11-16(24)4-3-15(17)10-19(20)31)27-23(28-22(18)29-30)26-12-14-5-7-25-8-6-14;1-2-5-23-8-12-15(20-17(19)21-16(12)22-23)14-11-7-10(18)4-3-9(11)6-13(14)24;7-5-6-1-3-8-4-2-6;1-5-3-2-4/h3-8,11,13,20H,2,9-10,12H2,1H3,(H,26,28,29);3-4,7-8,14H,2,5-6H2,1H3;1-4H,5,7H2;4H,2-3H2,1H3. The Labute approximate surface area is 415 Å². The van der Waals surface area contributed by atoms with Gasteiger partial charge >= 0.3 is 0 Å². The number of Topliss-reactive ketones (excluding diaryl/α,β-unsaturated/α-hetero) is 2. The zero-order valence-electron chi connectivity index (χ0n) is 37.8. The maximum atomic E-state index is 13.1. The molecule has 2 aliphatic rings. The van der Waals surface area contributed by atoms with Crippen LogP contribution in [-0.2, 0) is 53.3 Å². The highest BCUT2D eigenvalue weighted by Gasteiger charge is 2.36. The fourth-order valence-electron chi connectivity index (χ4n) is 7.94. The van der Waals surface area contributed by atoms with E-state index in [1.54, 1.807) is 31.9 Å². The van der Waals surface area contributed by atoms with Gasteiger partial charge in [-0.15, -0.1) is 0 Å². The Morgan fingerprint density at radius 3 is 1.69 bits per heavy atom. The molecule has 4 N–H and O–H groups in total. The number of fused-ring (bicyclic) bond motifs is 4.